The molecule has 2 aromatic heterocycles. The highest BCUT2D eigenvalue weighted by Gasteiger charge is 2.23. The summed E-state index contributed by atoms with van der Waals surface area (Å²) < 4.78 is 6.91. The smallest absolute Gasteiger partial charge is 0.162 e. The largest absolute Gasteiger partial charge is 0.493 e. The molecule has 29 heavy (non-hydrogen) atoms. The van der Waals surface area contributed by atoms with Gasteiger partial charge in [0.25, 0.3) is 0 Å². The lowest BCUT2D eigenvalue weighted by Gasteiger charge is -2.27. The maximum absolute atomic E-state index is 9.36. The standard InChI is InChI=1S/C21H19N5O2S/c1-12-23-18(13-2-4-17-20(8-13)29-11-22-17)10-21(24-12)25-16-6-7-28-19-5-3-14(26-27)9-15(16)19/h2-5,8-11,16,26-27H,6-7H2,1H3,(H,23,24,25)/p+1. The Kier molecular flexibility index (Phi) is 4.59. The van der Waals surface area contributed by atoms with E-state index in [0.29, 0.717) is 12.4 Å². The molecule has 4 N–H and O–H groups in total. The number of rotatable bonds is 4. The molecule has 1 aliphatic rings. The second-order valence-electron chi connectivity index (χ2n) is 6.98. The maximum atomic E-state index is 9.36. The van der Waals surface area contributed by atoms with Crippen molar-refractivity contribution in [3.63, 3.8) is 0 Å². The molecule has 0 amide bonds. The minimum atomic E-state index is 0.0461. The Bertz CT molecular complexity index is 1190. The van der Waals surface area contributed by atoms with E-state index >= 15 is 0 Å². The average molecular weight is 406 g/mol. The SMILES string of the molecule is Cc1nc(NC2CCOc3ccc([NH2+]O)cc32)cc(-c2ccc3ncsc3c2)n1. The van der Waals surface area contributed by atoms with Crippen molar-refractivity contribution in [3.8, 4) is 17.0 Å². The number of nitrogens with zero attached hydrogens (tertiary/aromatic N) is 3. The summed E-state index contributed by atoms with van der Waals surface area (Å²) in [4.78, 5) is 13.6. The summed E-state index contributed by atoms with van der Waals surface area (Å²) in [5.74, 6) is 2.31. The third kappa shape index (κ3) is 3.53. The average Bonchev–Trinajstić information content (AvgIpc) is 3.21. The Morgan fingerprint density at radius 2 is 2.10 bits per heavy atom. The zero-order valence-electron chi connectivity index (χ0n) is 15.8. The molecule has 3 heterocycles. The van der Waals surface area contributed by atoms with Gasteiger partial charge in [0, 0.05) is 35.7 Å². The minimum absolute atomic E-state index is 0.0461. The number of quaternary nitrogens is 1. The van der Waals surface area contributed by atoms with Crippen molar-refractivity contribution < 1.29 is 15.4 Å². The molecule has 1 unspecified atom stereocenters. The van der Waals surface area contributed by atoms with E-state index in [-0.39, 0.29) is 6.04 Å². The van der Waals surface area contributed by atoms with Crippen LogP contribution in [0.2, 0.25) is 0 Å². The van der Waals surface area contributed by atoms with Gasteiger partial charge in [-0.15, -0.1) is 11.3 Å². The predicted octanol–water partition coefficient (Wildman–Crippen LogP) is 3.58. The molecule has 0 aliphatic carbocycles. The van der Waals surface area contributed by atoms with Gasteiger partial charge in [0.15, 0.2) is 5.69 Å². The molecule has 0 saturated heterocycles. The number of hydrogen-bond acceptors (Lipinski definition) is 7. The normalized spacial score (nSPS) is 15.7. The fraction of sp³-hybridized carbons (Fsp3) is 0.190. The molecule has 0 saturated carbocycles. The number of benzene rings is 2. The summed E-state index contributed by atoms with van der Waals surface area (Å²) >= 11 is 1.62. The predicted molar refractivity (Wildman–Crippen MR) is 112 cm³/mol. The number of thiazole rings is 1. The van der Waals surface area contributed by atoms with Crippen LogP contribution in [0.4, 0.5) is 11.5 Å². The van der Waals surface area contributed by atoms with Crippen LogP contribution >= 0.6 is 11.3 Å². The maximum Gasteiger partial charge on any atom is 0.162 e. The fourth-order valence-electron chi connectivity index (χ4n) is 3.63. The van der Waals surface area contributed by atoms with E-state index < -0.39 is 0 Å². The van der Waals surface area contributed by atoms with Gasteiger partial charge in [-0.05, 0) is 25.1 Å². The van der Waals surface area contributed by atoms with E-state index in [1.165, 1.54) is 0 Å². The van der Waals surface area contributed by atoms with Crippen molar-refractivity contribution in [2.24, 2.45) is 0 Å². The lowest BCUT2D eigenvalue weighted by Crippen LogP contribution is -2.73. The summed E-state index contributed by atoms with van der Waals surface area (Å²) in [6.45, 7) is 2.53. The Hall–Kier alpha value is -3.07. The summed E-state index contributed by atoms with van der Waals surface area (Å²) in [5.41, 5.74) is 7.64. The van der Waals surface area contributed by atoms with Crippen LogP contribution in [0.1, 0.15) is 23.9 Å². The molecule has 1 atom stereocenters. The number of aromatic nitrogens is 3. The molecule has 2 aromatic carbocycles. The van der Waals surface area contributed by atoms with Gasteiger partial charge in [0.2, 0.25) is 0 Å². The first kappa shape index (κ1) is 18.0. The van der Waals surface area contributed by atoms with Crippen molar-refractivity contribution in [1.29, 1.82) is 0 Å². The Balaban J connectivity index is 1.48. The van der Waals surface area contributed by atoms with Crippen molar-refractivity contribution in [2.75, 3.05) is 11.9 Å². The molecule has 5 rings (SSSR count). The molecule has 4 aromatic rings. The fourth-order valence-corrected chi connectivity index (χ4v) is 4.34. The number of fused-ring (bicyclic) bond motifs is 2. The summed E-state index contributed by atoms with van der Waals surface area (Å²) in [6.07, 6.45) is 0.813. The van der Waals surface area contributed by atoms with Gasteiger partial charge < -0.3 is 10.1 Å². The van der Waals surface area contributed by atoms with Crippen LogP contribution in [-0.4, -0.2) is 26.8 Å². The first-order valence-corrected chi connectivity index (χ1v) is 10.3. The number of nitrogens with one attached hydrogen (secondary N) is 1. The van der Waals surface area contributed by atoms with Crippen LogP contribution in [0, 0.1) is 6.92 Å². The summed E-state index contributed by atoms with van der Waals surface area (Å²) in [7, 11) is 0. The highest BCUT2D eigenvalue weighted by atomic mass is 32.1. The second kappa shape index (κ2) is 7.40. The van der Waals surface area contributed by atoms with Crippen LogP contribution in [-0.2, 0) is 0 Å². The van der Waals surface area contributed by atoms with E-state index in [0.717, 1.165) is 56.2 Å². The third-order valence-corrected chi connectivity index (χ3v) is 5.80. The van der Waals surface area contributed by atoms with Crippen molar-refractivity contribution in [2.45, 2.75) is 19.4 Å². The summed E-state index contributed by atoms with van der Waals surface area (Å²) in [6, 6.07) is 13.9. The molecule has 7 nitrogen and oxygen atoms in total. The van der Waals surface area contributed by atoms with Crippen LogP contribution in [0.3, 0.4) is 0 Å². The van der Waals surface area contributed by atoms with E-state index in [9.17, 15) is 5.21 Å². The quantitative estimate of drug-likeness (QED) is 0.354. The van der Waals surface area contributed by atoms with Gasteiger partial charge in [0.05, 0.1) is 34.1 Å². The van der Waals surface area contributed by atoms with E-state index in [2.05, 4.69) is 26.3 Å². The molecule has 8 heteroatoms. The molecule has 0 radical (unpaired) electrons. The van der Waals surface area contributed by atoms with Gasteiger partial charge in [0.1, 0.15) is 17.4 Å². The number of hydrogen-bond donors (Lipinski definition) is 3. The monoisotopic (exact) mass is 406 g/mol. The second-order valence-corrected chi connectivity index (χ2v) is 7.87. The Morgan fingerprint density at radius 3 is 3.00 bits per heavy atom. The minimum Gasteiger partial charge on any atom is -0.493 e. The molecule has 146 valence electrons. The van der Waals surface area contributed by atoms with Gasteiger partial charge in [-0.3, -0.25) is 0 Å². The van der Waals surface area contributed by atoms with Crippen molar-refractivity contribution >= 4 is 33.1 Å². The Morgan fingerprint density at radius 1 is 1.17 bits per heavy atom. The van der Waals surface area contributed by atoms with Crippen LogP contribution in [0.5, 0.6) is 5.75 Å². The van der Waals surface area contributed by atoms with E-state index in [4.69, 9.17) is 4.74 Å². The zero-order valence-corrected chi connectivity index (χ0v) is 16.6. The van der Waals surface area contributed by atoms with Crippen LogP contribution in [0.25, 0.3) is 21.5 Å². The molecule has 1 aliphatic heterocycles. The van der Waals surface area contributed by atoms with Crippen LogP contribution < -0.4 is 15.5 Å². The zero-order chi connectivity index (χ0) is 19.8. The van der Waals surface area contributed by atoms with Gasteiger partial charge >= 0.3 is 0 Å². The topological polar surface area (TPSA) is 96.8 Å². The third-order valence-electron chi connectivity index (χ3n) is 5.01. The van der Waals surface area contributed by atoms with E-state index in [1.807, 2.05) is 48.8 Å². The van der Waals surface area contributed by atoms with Gasteiger partial charge in [-0.1, -0.05) is 6.07 Å². The molecule has 0 spiro atoms. The van der Waals surface area contributed by atoms with Crippen LogP contribution in [0.15, 0.2) is 48.0 Å². The number of nitrogens with two attached hydrogens (primary N) is 1. The molecular weight excluding hydrogens is 386 g/mol. The molecule has 0 fully saturated rings. The van der Waals surface area contributed by atoms with Crippen molar-refractivity contribution in [1.82, 2.24) is 15.0 Å². The Labute approximate surface area is 171 Å². The van der Waals surface area contributed by atoms with Gasteiger partial charge in [-0.2, -0.15) is 5.48 Å². The van der Waals surface area contributed by atoms with Gasteiger partial charge in [-0.25, -0.2) is 20.2 Å². The first-order valence-electron chi connectivity index (χ1n) is 9.39. The number of ether oxygens (including phenoxy) is 1. The lowest BCUT2D eigenvalue weighted by molar-refractivity contribution is -0.825. The number of aryl methyl sites for hydroxylation is 1. The summed E-state index contributed by atoms with van der Waals surface area (Å²) in [5, 5.41) is 12.9. The highest BCUT2D eigenvalue weighted by molar-refractivity contribution is 7.16. The molecule has 0 bridgehead atoms. The van der Waals surface area contributed by atoms with Crippen molar-refractivity contribution in [3.05, 3.63) is 59.4 Å². The van der Waals surface area contributed by atoms with E-state index in [1.54, 1.807) is 11.3 Å². The molecular formula is C21H20N5O2S+. The highest BCUT2D eigenvalue weighted by Crippen LogP contribution is 2.35. The first-order chi connectivity index (χ1) is 14.2. The number of anilines is 1. The lowest BCUT2D eigenvalue weighted by atomic mass is 10.00.